The van der Waals surface area contributed by atoms with E-state index in [1.807, 2.05) is 19.1 Å². The van der Waals surface area contributed by atoms with Gasteiger partial charge in [-0.25, -0.2) is 0 Å². The molecule has 1 aliphatic rings. The summed E-state index contributed by atoms with van der Waals surface area (Å²) in [6.45, 7) is 4.14. The van der Waals surface area contributed by atoms with Gasteiger partial charge in [0.05, 0.1) is 11.8 Å². The number of carbonyl (C=O) groups is 1. The van der Waals surface area contributed by atoms with E-state index >= 15 is 0 Å². The molecule has 0 radical (unpaired) electrons. The zero-order chi connectivity index (χ0) is 23.7. The molecule has 1 fully saturated rings. The fraction of sp³-hybridized carbons (Fsp3) is 0.321. The van der Waals surface area contributed by atoms with Gasteiger partial charge in [-0.3, -0.25) is 4.79 Å². The first kappa shape index (κ1) is 22.1. The van der Waals surface area contributed by atoms with Crippen LogP contribution in [0.4, 0.5) is 5.69 Å². The Balaban J connectivity index is 1.36. The van der Waals surface area contributed by atoms with Gasteiger partial charge in [0.1, 0.15) is 0 Å². The zero-order valence-electron chi connectivity index (χ0n) is 19.5. The Kier molecular flexibility index (Phi) is 6.05. The highest BCUT2D eigenvalue weighted by Crippen LogP contribution is 2.33. The Morgan fingerprint density at radius 2 is 1.82 bits per heavy atom. The van der Waals surface area contributed by atoms with E-state index in [-0.39, 0.29) is 17.9 Å². The lowest BCUT2D eigenvalue weighted by atomic mass is 9.86. The second kappa shape index (κ2) is 9.29. The van der Waals surface area contributed by atoms with Crippen molar-refractivity contribution in [2.75, 3.05) is 5.32 Å². The summed E-state index contributed by atoms with van der Waals surface area (Å²) in [7, 11) is 0. The van der Waals surface area contributed by atoms with Crippen molar-refractivity contribution in [1.29, 1.82) is 0 Å². The molecule has 2 N–H and O–H groups in total. The number of fused-ring (bicyclic) bond motifs is 1. The van der Waals surface area contributed by atoms with Gasteiger partial charge in [0, 0.05) is 17.3 Å². The van der Waals surface area contributed by atoms with Crippen molar-refractivity contribution >= 4 is 22.4 Å². The van der Waals surface area contributed by atoms with Crippen LogP contribution >= 0.6 is 0 Å². The third-order valence-corrected chi connectivity index (χ3v) is 7.03. The van der Waals surface area contributed by atoms with Crippen LogP contribution in [0.1, 0.15) is 55.5 Å². The number of benzene rings is 3. The first-order chi connectivity index (χ1) is 16.5. The maximum atomic E-state index is 11.2. The monoisotopic (exact) mass is 455 g/mol. The van der Waals surface area contributed by atoms with Crippen LogP contribution in [0.15, 0.2) is 65.2 Å². The number of carboxylic acids is 1. The van der Waals surface area contributed by atoms with Crippen LogP contribution in [0.25, 0.3) is 22.2 Å². The molecule has 6 nitrogen and oxygen atoms in total. The molecule has 0 spiro atoms. The van der Waals surface area contributed by atoms with E-state index in [9.17, 15) is 9.90 Å². The molecule has 34 heavy (non-hydrogen) atoms. The Bertz CT molecular complexity index is 1320. The van der Waals surface area contributed by atoms with Gasteiger partial charge < -0.3 is 14.9 Å². The lowest BCUT2D eigenvalue weighted by Gasteiger charge is -2.27. The van der Waals surface area contributed by atoms with Crippen LogP contribution in [0, 0.1) is 12.8 Å². The molecule has 3 aromatic carbocycles. The topological polar surface area (TPSA) is 88.2 Å². The van der Waals surface area contributed by atoms with E-state index in [0.29, 0.717) is 24.6 Å². The summed E-state index contributed by atoms with van der Waals surface area (Å²) in [4.78, 5) is 16.0. The Morgan fingerprint density at radius 1 is 1.06 bits per heavy atom. The fourth-order valence-electron chi connectivity index (χ4n) is 4.95. The second-order valence-electron chi connectivity index (χ2n) is 9.31. The molecule has 1 unspecified atom stereocenters. The van der Waals surface area contributed by atoms with Crippen molar-refractivity contribution in [3.63, 3.8) is 0 Å². The first-order valence-corrected chi connectivity index (χ1v) is 11.9. The van der Waals surface area contributed by atoms with E-state index in [0.717, 1.165) is 35.2 Å². The second-order valence-corrected chi connectivity index (χ2v) is 9.31. The summed E-state index contributed by atoms with van der Waals surface area (Å²) in [5, 5.41) is 19.5. The van der Waals surface area contributed by atoms with Crippen LogP contribution in [0.2, 0.25) is 0 Å². The van der Waals surface area contributed by atoms with Gasteiger partial charge in [-0.1, -0.05) is 53.7 Å². The summed E-state index contributed by atoms with van der Waals surface area (Å²) in [6.07, 6.45) is 3.14. The average Bonchev–Trinajstić information content (AvgIpc) is 3.35. The highest BCUT2D eigenvalue weighted by Gasteiger charge is 2.26. The van der Waals surface area contributed by atoms with Crippen molar-refractivity contribution < 1.29 is 14.4 Å². The minimum atomic E-state index is -0.679. The van der Waals surface area contributed by atoms with Crippen molar-refractivity contribution in [2.24, 2.45) is 5.92 Å². The average molecular weight is 456 g/mol. The van der Waals surface area contributed by atoms with Gasteiger partial charge in [0.25, 0.3) is 0 Å². The smallest absolute Gasteiger partial charge is 0.306 e. The maximum absolute atomic E-state index is 11.2. The molecule has 6 heteroatoms. The van der Waals surface area contributed by atoms with Crippen LogP contribution in [0.5, 0.6) is 0 Å². The molecule has 5 rings (SSSR count). The van der Waals surface area contributed by atoms with Gasteiger partial charge >= 0.3 is 5.97 Å². The highest BCUT2D eigenvalue weighted by molar-refractivity contribution is 5.86. The summed E-state index contributed by atoms with van der Waals surface area (Å²) in [5.41, 5.74) is 4.17. The number of nitrogens with zero attached hydrogens (tertiary/aromatic N) is 2. The molecule has 0 amide bonds. The molecule has 1 atom stereocenters. The third kappa shape index (κ3) is 4.40. The quantitative estimate of drug-likeness (QED) is 0.349. The van der Waals surface area contributed by atoms with Crippen molar-refractivity contribution in [3.05, 3.63) is 77.7 Å². The summed E-state index contributed by atoms with van der Waals surface area (Å²) in [6, 6.07) is 21.1. The van der Waals surface area contributed by atoms with Crippen LogP contribution in [-0.4, -0.2) is 27.3 Å². The maximum Gasteiger partial charge on any atom is 0.306 e. The summed E-state index contributed by atoms with van der Waals surface area (Å²) >= 11 is 0. The third-order valence-electron chi connectivity index (χ3n) is 7.03. The molecule has 0 saturated heterocycles. The van der Waals surface area contributed by atoms with Gasteiger partial charge in [-0.15, -0.1) is 0 Å². The lowest BCUT2D eigenvalue weighted by Crippen LogP contribution is -2.29. The van der Waals surface area contributed by atoms with Crippen molar-refractivity contribution in [2.45, 2.75) is 51.5 Å². The molecule has 1 aliphatic carbocycles. The van der Waals surface area contributed by atoms with Crippen LogP contribution < -0.4 is 5.32 Å². The number of aromatic nitrogens is 2. The van der Waals surface area contributed by atoms with E-state index in [1.54, 1.807) is 0 Å². The number of hydrogen-bond acceptors (Lipinski definition) is 5. The van der Waals surface area contributed by atoms with Gasteiger partial charge in [0.2, 0.25) is 11.7 Å². The number of aryl methyl sites for hydroxylation is 1. The van der Waals surface area contributed by atoms with E-state index in [4.69, 9.17) is 9.51 Å². The summed E-state index contributed by atoms with van der Waals surface area (Å²) < 4.78 is 5.73. The first-order valence-electron chi connectivity index (χ1n) is 11.9. The number of carboxylic acid groups (broad SMARTS) is 1. The molecule has 1 aromatic heterocycles. The predicted octanol–water partition coefficient (Wildman–Crippen LogP) is 6.41. The number of aliphatic carboxylic acids is 1. The normalized spacial score (nSPS) is 19.1. The van der Waals surface area contributed by atoms with Gasteiger partial charge in [-0.2, -0.15) is 4.98 Å². The Hall–Kier alpha value is -3.67. The standard InChI is InChI=1S/C28H29N3O3/c1-17-10-13-22(29-21-14-11-20(12-15-21)28(32)33)16-25(17)26-30-27(34-31-26)18(2)23-9-5-7-19-6-3-4-8-24(19)23/h3-10,13,16,18,20-21,29H,11-12,14-15H2,1-2H3,(H,32,33). The molecule has 4 aromatic rings. The molecular weight excluding hydrogens is 426 g/mol. The van der Waals surface area contributed by atoms with E-state index in [2.05, 4.69) is 65.9 Å². The molecule has 0 bridgehead atoms. The van der Waals surface area contributed by atoms with E-state index in [1.165, 1.54) is 10.8 Å². The van der Waals surface area contributed by atoms with Crippen LogP contribution in [0.3, 0.4) is 0 Å². The van der Waals surface area contributed by atoms with Crippen molar-refractivity contribution in [1.82, 2.24) is 10.1 Å². The highest BCUT2D eigenvalue weighted by atomic mass is 16.5. The van der Waals surface area contributed by atoms with Gasteiger partial charge in [0.15, 0.2) is 0 Å². The SMILES string of the molecule is Cc1ccc(NC2CCC(C(=O)O)CC2)cc1-c1noc(C(C)c2cccc3ccccc23)n1. The van der Waals surface area contributed by atoms with Crippen LogP contribution in [-0.2, 0) is 4.79 Å². The van der Waals surface area contributed by atoms with E-state index < -0.39 is 5.97 Å². The molecule has 1 heterocycles. The molecular formula is C28H29N3O3. The minimum absolute atomic E-state index is 0.0293. The zero-order valence-corrected chi connectivity index (χ0v) is 19.5. The van der Waals surface area contributed by atoms with Gasteiger partial charge in [-0.05, 0) is 73.6 Å². The summed E-state index contributed by atoms with van der Waals surface area (Å²) in [5.74, 6) is 0.252. The Morgan fingerprint density at radius 3 is 2.62 bits per heavy atom. The number of hydrogen-bond donors (Lipinski definition) is 2. The molecule has 1 saturated carbocycles. The minimum Gasteiger partial charge on any atom is -0.481 e. The number of anilines is 1. The van der Waals surface area contributed by atoms with Crippen molar-refractivity contribution in [3.8, 4) is 11.4 Å². The largest absolute Gasteiger partial charge is 0.481 e. The Labute approximate surface area is 199 Å². The molecule has 0 aliphatic heterocycles. The predicted molar refractivity (Wildman–Crippen MR) is 133 cm³/mol. The number of rotatable bonds is 6. The molecule has 174 valence electrons. The number of nitrogens with one attached hydrogen (secondary N) is 1. The fourth-order valence-corrected chi connectivity index (χ4v) is 4.95. The lowest BCUT2D eigenvalue weighted by molar-refractivity contribution is -0.142.